The number of rotatable bonds is 5. The van der Waals surface area contributed by atoms with E-state index in [-0.39, 0.29) is 5.96 Å². The number of methoxy groups -OCH3 is 1. The summed E-state index contributed by atoms with van der Waals surface area (Å²) < 4.78 is 10.4. The van der Waals surface area contributed by atoms with Gasteiger partial charge in [0.2, 0.25) is 0 Å². The molecular weight excluding hydrogens is 308 g/mol. The summed E-state index contributed by atoms with van der Waals surface area (Å²) >= 11 is 0. The van der Waals surface area contributed by atoms with Crippen molar-refractivity contribution in [3.63, 3.8) is 0 Å². The Morgan fingerprint density at radius 3 is 2.50 bits per heavy atom. The van der Waals surface area contributed by atoms with E-state index in [1.54, 1.807) is 7.11 Å². The molecule has 0 atom stereocenters. The summed E-state index contributed by atoms with van der Waals surface area (Å²) in [5.74, 6) is 0.974. The SMILES string of the molecule is COc1cccc(NC(N)=NCC(C)(C)NC(=O)OC(C)(C)C)c1. The van der Waals surface area contributed by atoms with Crippen molar-refractivity contribution in [2.75, 3.05) is 19.0 Å². The lowest BCUT2D eigenvalue weighted by molar-refractivity contribution is 0.0476. The van der Waals surface area contributed by atoms with Crippen molar-refractivity contribution in [1.29, 1.82) is 0 Å². The van der Waals surface area contributed by atoms with Crippen LogP contribution in [0.15, 0.2) is 29.3 Å². The minimum Gasteiger partial charge on any atom is -0.497 e. The van der Waals surface area contributed by atoms with Crippen LogP contribution >= 0.6 is 0 Å². The van der Waals surface area contributed by atoms with Crippen LogP contribution in [0.1, 0.15) is 34.6 Å². The molecular formula is C17H28N4O3. The highest BCUT2D eigenvalue weighted by molar-refractivity contribution is 5.92. The maximum Gasteiger partial charge on any atom is 0.408 e. The first-order valence-electron chi connectivity index (χ1n) is 7.73. The lowest BCUT2D eigenvalue weighted by atomic mass is 10.1. The Kier molecular flexibility index (Phi) is 6.45. The number of guanidine groups is 1. The molecule has 7 nitrogen and oxygen atoms in total. The summed E-state index contributed by atoms with van der Waals surface area (Å²) in [7, 11) is 1.60. The number of ether oxygens (including phenoxy) is 2. The van der Waals surface area contributed by atoms with E-state index in [0.717, 1.165) is 11.4 Å². The molecule has 1 rings (SSSR count). The number of aliphatic imine (C=N–C) groups is 1. The summed E-state index contributed by atoms with van der Waals surface area (Å²) in [6, 6.07) is 7.36. The van der Waals surface area contributed by atoms with Gasteiger partial charge in [-0.2, -0.15) is 0 Å². The number of nitrogens with one attached hydrogen (secondary N) is 2. The molecule has 1 aromatic carbocycles. The Morgan fingerprint density at radius 1 is 1.25 bits per heavy atom. The van der Waals surface area contributed by atoms with Gasteiger partial charge in [0.25, 0.3) is 0 Å². The van der Waals surface area contributed by atoms with Crippen LogP contribution in [-0.2, 0) is 4.74 Å². The van der Waals surface area contributed by atoms with Crippen LogP contribution in [0.4, 0.5) is 10.5 Å². The molecule has 0 heterocycles. The molecule has 0 unspecified atom stereocenters. The summed E-state index contributed by atoms with van der Waals surface area (Å²) in [6.07, 6.45) is -0.484. The average molecular weight is 336 g/mol. The Balaban J connectivity index is 2.60. The predicted molar refractivity (Wildman–Crippen MR) is 96.6 cm³/mol. The molecule has 0 saturated carbocycles. The maximum atomic E-state index is 11.8. The number of nitrogens with zero attached hydrogens (tertiary/aromatic N) is 1. The lowest BCUT2D eigenvalue weighted by Gasteiger charge is -2.27. The minimum atomic E-state index is -0.594. The fraction of sp³-hybridized carbons (Fsp3) is 0.529. The highest BCUT2D eigenvalue weighted by atomic mass is 16.6. The third kappa shape index (κ3) is 7.71. The van der Waals surface area contributed by atoms with Crippen LogP contribution in [0.2, 0.25) is 0 Å². The van der Waals surface area contributed by atoms with Gasteiger partial charge in [0.1, 0.15) is 11.4 Å². The second-order valence-electron chi connectivity index (χ2n) is 7.07. The Labute approximate surface area is 143 Å². The topological polar surface area (TPSA) is 98.0 Å². The maximum absolute atomic E-state index is 11.8. The largest absolute Gasteiger partial charge is 0.497 e. The van der Waals surface area contributed by atoms with Crippen LogP contribution in [-0.4, -0.2) is 36.8 Å². The highest BCUT2D eigenvalue weighted by Crippen LogP contribution is 2.16. The fourth-order valence-corrected chi connectivity index (χ4v) is 1.79. The summed E-state index contributed by atoms with van der Waals surface area (Å²) in [6.45, 7) is 9.43. The quantitative estimate of drug-likeness (QED) is 0.567. The van der Waals surface area contributed by atoms with Crippen molar-refractivity contribution >= 4 is 17.7 Å². The summed E-state index contributed by atoms with van der Waals surface area (Å²) in [5, 5.41) is 5.76. The first-order valence-corrected chi connectivity index (χ1v) is 7.73. The van der Waals surface area contributed by atoms with Crippen LogP contribution in [0.25, 0.3) is 0 Å². The van der Waals surface area contributed by atoms with E-state index < -0.39 is 17.2 Å². The van der Waals surface area contributed by atoms with E-state index in [1.165, 1.54) is 0 Å². The number of hydrogen-bond donors (Lipinski definition) is 3. The molecule has 0 saturated heterocycles. The van der Waals surface area contributed by atoms with Crippen molar-refractivity contribution in [2.45, 2.75) is 45.8 Å². The lowest BCUT2D eigenvalue weighted by Crippen LogP contribution is -2.48. The van der Waals surface area contributed by atoms with Crippen LogP contribution in [0.5, 0.6) is 5.75 Å². The second kappa shape index (κ2) is 7.90. The molecule has 0 bridgehead atoms. The molecule has 0 spiro atoms. The zero-order valence-corrected chi connectivity index (χ0v) is 15.3. The monoisotopic (exact) mass is 336 g/mol. The minimum absolute atomic E-state index is 0.252. The number of carbonyl (C=O) groups excluding carboxylic acids is 1. The van der Waals surface area contributed by atoms with E-state index >= 15 is 0 Å². The third-order valence-corrected chi connectivity index (χ3v) is 2.83. The van der Waals surface area contributed by atoms with Crippen molar-refractivity contribution < 1.29 is 14.3 Å². The van der Waals surface area contributed by atoms with Gasteiger partial charge >= 0.3 is 6.09 Å². The van der Waals surface area contributed by atoms with Crippen LogP contribution in [0.3, 0.4) is 0 Å². The number of carbonyl (C=O) groups is 1. The van der Waals surface area contributed by atoms with Gasteiger partial charge in [-0.25, -0.2) is 4.79 Å². The van der Waals surface area contributed by atoms with Gasteiger partial charge in [-0.1, -0.05) is 6.07 Å². The van der Waals surface area contributed by atoms with Gasteiger partial charge < -0.3 is 25.8 Å². The Hall–Kier alpha value is -2.44. The number of alkyl carbamates (subject to hydrolysis) is 1. The number of benzene rings is 1. The molecule has 0 aliphatic heterocycles. The van der Waals surface area contributed by atoms with E-state index in [2.05, 4.69) is 15.6 Å². The number of nitrogens with two attached hydrogens (primary N) is 1. The zero-order valence-electron chi connectivity index (χ0n) is 15.3. The molecule has 1 amide bonds. The molecule has 7 heteroatoms. The zero-order chi connectivity index (χ0) is 18.4. The molecule has 0 aliphatic rings. The van der Waals surface area contributed by atoms with Gasteiger partial charge in [0, 0.05) is 11.8 Å². The van der Waals surface area contributed by atoms with Gasteiger partial charge in [-0.05, 0) is 46.8 Å². The Bertz CT molecular complexity index is 592. The van der Waals surface area contributed by atoms with Crippen LogP contribution in [0, 0.1) is 0 Å². The molecule has 0 aromatic heterocycles. The van der Waals surface area contributed by atoms with Crippen molar-refractivity contribution in [2.24, 2.45) is 10.7 Å². The molecule has 134 valence electrons. The number of amides is 1. The number of hydrogen-bond acceptors (Lipinski definition) is 4. The standard InChI is InChI=1S/C17H28N4O3/c1-16(2,3)24-15(22)21-17(4,5)11-19-14(18)20-12-8-7-9-13(10-12)23-6/h7-10H,11H2,1-6H3,(H,21,22)(H3,18,19,20). The van der Waals surface area contributed by atoms with Gasteiger partial charge in [-0.15, -0.1) is 0 Å². The summed E-state index contributed by atoms with van der Waals surface area (Å²) in [5.41, 5.74) is 5.52. The molecule has 4 N–H and O–H groups in total. The summed E-state index contributed by atoms with van der Waals surface area (Å²) in [4.78, 5) is 16.1. The average Bonchev–Trinajstić information content (AvgIpc) is 2.43. The molecule has 0 aliphatic carbocycles. The van der Waals surface area contributed by atoms with Gasteiger partial charge in [0.05, 0.1) is 19.2 Å². The smallest absolute Gasteiger partial charge is 0.408 e. The van der Waals surface area contributed by atoms with E-state index in [4.69, 9.17) is 15.2 Å². The van der Waals surface area contributed by atoms with Crippen molar-refractivity contribution in [3.8, 4) is 5.75 Å². The van der Waals surface area contributed by atoms with Gasteiger partial charge in [-0.3, -0.25) is 4.99 Å². The van der Waals surface area contributed by atoms with E-state index in [1.807, 2.05) is 58.9 Å². The fourth-order valence-electron chi connectivity index (χ4n) is 1.79. The molecule has 0 radical (unpaired) electrons. The van der Waals surface area contributed by atoms with Crippen molar-refractivity contribution in [3.05, 3.63) is 24.3 Å². The number of anilines is 1. The van der Waals surface area contributed by atoms with Crippen LogP contribution < -0.4 is 21.1 Å². The third-order valence-electron chi connectivity index (χ3n) is 2.83. The first-order chi connectivity index (χ1) is 11.0. The predicted octanol–water partition coefficient (Wildman–Crippen LogP) is 2.73. The molecule has 0 fully saturated rings. The second-order valence-corrected chi connectivity index (χ2v) is 7.07. The molecule has 1 aromatic rings. The van der Waals surface area contributed by atoms with Gasteiger partial charge in [0.15, 0.2) is 5.96 Å². The van der Waals surface area contributed by atoms with E-state index in [9.17, 15) is 4.79 Å². The van der Waals surface area contributed by atoms with Crippen molar-refractivity contribution in [1.82, 2.24) is 5.32 Å². The Morgan fingerprint density at radius 2 is 1.92 bits per heavy atom. The molecule has 24 heavy (non-hydrogen) atoms. The normalized spacial score (nSPS) is 12.5. The first kappa shape index (κ1) is 19.6. The van der Waals surface area contributed by atoms with E-state index in [0.29, 0.717) is 6.54 Å². The highest BCUT2D eigenvalue weighted by Gasteiger charge is 2.24.